The van der Waals surface area contributed by atoms with E-state index in [2.05, 4.69) is 43.4 Å². The molecule has 3 N–H and O–H groups in total. The molecule has 1 atom stereocenters. The summed E-state index contributed by atoms with van der Waals surface area (Å²) in [6.07, 6.45) is 2.28. The van der Waals surface area contributed by atoms with Crippen LogP contribution in [0.3, 0.4) is 0 Å². The van der Waals surface area contributed by atoms with E-state index in [1.807, 2.05) is 18.2 Å². The Morgan fingerprint density at radius 2 is 2.00 bits per heavy atom. The molecule has 0 radical (unpaired) electrons. The minimum atomic E-state index is -0.106. The zero-order valence-corrected chi connectivity index (χ0v) is 14.7. The molecule has 1 heterocycles. The lowest BCUT2D eigenvalue weighted by Gasteiger charge is -2.47. The number of hydrogen-bond acceptors (Lipinski definition) is 4. The van der Waals surface area contributed by atoms with E-state index in [0.717, 1.165) is 12.8 Å². The van der Waals surface area contributed by atoms with Gasteiger partial charge in [0.1, 0.15) is 11.8 Å². The lowest BCUT2D eigenvalue weighted by atomic mass is 9.61. The van der Waals surface area contributed by atoms with Crippen LogP contribution in [0.4, 0.5) is 0 Å². The van der Waals surface area contributed by atoms with Gasteiger partial charge in [-0.05, 0) is 18.4 Å². The van der Waals surface area contributed by atoms with E-state index < -0.39 is 0 Å². The van der Waals surface area contributed by atoms with E-state index >= 15 is 0 Å². The van der Waals surface area contributed by atoms with E-state index in [0.29, 0.717) is 18.7 Å². The highest BCUT2D eigenvalue weighted by Gasteiger charge is 2.45. The van der Waals surface area contributed by atoms with Gasteiger partial charge in [-0.15, -0.1) is 0 Å². The highest BCUT2D eigenvalue weighted by atomic mass is 16.6. The van der Waals surface area contributed by atoms with Crippen LogP contribution in [-0.2, 0) is 15.0 Å². The molecule has 2 aliphatic rings. The molecular formula is C19H27N3O2. The maximum Gasteiger partial charge on any atom is 0.269 e. The van der Waals surface area contributed by atoms with E-state index in [-0.39, 0.29) is 28.9 Å². The Kier molecular flexibility index (Phi) is 4.38. The van der Waals surface area contributed by atoms with Crippen LogP contribution in [0.1, 0.15) is 45.6 Å². The van der Waals surface area contributed by atoms with Crippen molar-refractivity contribution in [1.29, 1.82) is 0 Å². The molecule has 1 aliphatic carbocycles. The third-order valence-electron chi connectivity index (χ3n) is 5.28. The second-order valence-corrected chi connectivity index (χ2v) is 8.13. The number of nitrogens with two attached hydrogens (primary N) is 1. The largest absolute Gasteiger partial charge is 0.391 e. The number of hydrogen-bond donors (Lipinski definition) is 2. The molecule has 0 aromatic heterocycles. The summed E-state index contributed by atoms with van der Waals surface area (Å²) in [5.74, 6) is -0.106. The van der Waals surface area contributed by atoms with Crippen LogP contribution in [-0.4, -0.2) is 30.3 Å². The Morgan fingerprint density at radius 3 is 2.54 bits per heavy atom. The third kappa shape index (κ3) is 3.18. The van der Waals surface area contributed by atoms with Gasteiger partial charge >= 0.3 is 0 Å². The number of carbonyl (C=O) groups is 1. The van der Waals surface area contributed by atoms with Crippen LogP contribution in [0.5, 0.6) is 0 Å². The number of nitrogens with zero attached hydrogens (tertiary/aromatic N) is 1. The summed E-state index contributed by atoms with van der Waals surface area (Å²) in [6.45, 7) is 6.87. The summed E-state index contributed by atoms with van der Waals surface area (Å²) in [4.78, 5) is 17.8. The minimum Gasteiger partial charge on any atom is -0.391 e. The first-order chi connectivity index (χ1) is 11.3. The normalized spacial score (nSPS) is 29.4. The van der Waals surface area contributed by atoms with E-state index in [1.54, 1.807) is 0 Å². The Morgan fingerprint density at radius 1 is 1.33 bits per heavy atom. The minimum absolute atomic E-state index is 0.0128. The molecule has 5 nitrogen and oxygen atoms in total. The Bertz CT molecular complexity index is 628. The highest BCUT2D eigenvalue weighted by molar-refractivity contribution is 6.39. The fourth-order valence-corrected chi connectivity index (χ4v) is 3.54. The summed E-state index contributed by atoms with van der Waals surface area (Å²) in [5, 5.41) is 7.07. The van der Waals surface area contributed by atoms with Crippen LogP contribution >= 0.6 is 0 Å². The first kappa shape index (κ1) is 17.0. The van der Waals surface area contributed by atoms with Gasteiger partial charge in [-0.1, -0.05) is 56.3 Å². The molecule has 1 aromatic rings. The number of nitrogens with one attached hydrogen (secondary N) is 1. The van der Waals surface area contributed by atoms with Crippen LogP contribution in [0.15, 0.2) is 35.5 Å². The number of carbonyl (C=O) groups excluding carboxylic acids is 1. The predicted octanol–water partition coefficient (Wildman–Crippen LogP) is 2.35. The van der Waals surface area contributed by atoms with Gasteiger partial charge in [0.25, 0.3) is 5.91 Å². The molecule has 1 aromatic carbocycles. The SMILES string of the molecule is CC(C)(C)[C@@H]1CC(C(=O)NC2CC(CN)(c3ccccc3)C2)=NO1. The maximum absolute atomic E-state index is 12.4. The highest BCUT2D eigenvalue weighted by Crippen LogP contribution is 2.43. The average Bonchev–Trinajstić information content (AvgIpc) is 3.01. The summed E-state index contributed by atoms with van der Waals surface area (Å²) in [5.41, 5.74) is 7.75. The fourth-order valence-electron chi connectivity index (χ4n) is 3.54. The van der Waals surface area contributed by atoms with Crippen LogP contribution < -0.4 is 11.1 Å². The molecule has 0 bridgehead atoms. The first-order valence-corrected chi connectivity index (χ1v) is 8.63. The average molecular weight is 329 g/mol. The number of oxime groups is 1. The van der Waals surface area contributed by atoms with Gasteiger partial charge in [0, 0.05) is 29.8 Å². The second-order valence-electron chi connectivity index (χ2n) is 8.13. The maximum atomic E-state index is 12.4. The molecule has 1 saturated carbocycles. The topological polar surface area (TPSA) is 76.7 Å². The second kappa shape index (κ2) is 6.20. The monoisotopic (exact) mass is 329 g/mol. The molecule has 24 heavy (non-hydrogen) atoms. The fraction of sp³-hybridized carbons (Fsp3) is 0.579. The van der Waals surface area contributed by atoms with Gasteiger partial charge in [0.05, 0.1) is 0 Å². The van der Waals surface area contributed by atoms with Crippen molar-refractivity contribution in [2.45, 2.75) is 57.6 Å². The van der Waals surface area contributed by atoms with Crippen molar-refractivity contribution in [3.8, 4) is 0 Å². The van der Waals surface area contributed by atoms with Crippen molar-refractivity contribution in [2.24, 2.45) is 16.3 Å². The van der Waals surface area contributed by atoms with Gasteiger partial charge in [-0.25, -0.2) is 0 Å². The molecule has 1 aliphatic heterocycles. The number of benzene rings is 1. The smallest absolute Gasteiger partial charge is 0.269 e. The van der Waals surface area contributed by atoms with Gasteiger partial charge in [-0.3, -0.25) is 4.79 Å². The van der Waals surface area contributed by atoms with Crippen molar-refractivity contribution >= 4 is 11.6 Å². The standard InChI is InChI=1S/C19H27N3O2/c1-18(2,3)16-9-15(22-24-16)17(23)21-14-10-19(11-14,12-20)13-7-5-4-6-8-13/h4-8,14,16H,9-12,20H2,1-3H3,(H,21,23)/t14?,16-,19?/m0/s1. The quantitative estimate of drug-likeness (QED) is 0.890. The molecule has 5 heteroatoms. The molecule has 1 amide bonds. The molecule has 0 unspecified atom stereocenters. The Labute approximate surface area is 143 Å². The molecule has 1 fully saturated rings. The number of rotatable bonds is 4. The van der Waals surface area contributed by atoms with Crippen molar-refractivity contribution in [1.82, 2.24) is 5.32 Å². The third-order valence-corrected chi connectivity index (χ3v) is 5.28. The molecule has 0 spiro atoms. The van der Waals surface area contributed by atoms with Crippen molar-refractivity contribution in [3.63, 3.8) is 0 Å². The van der Waals surface area contributed by atoms with E-state index in [9.17, 15) is 4.79 Å². The zero-order chi connectivity index (χ0) is 17.4. The van der Waals surface area contributed by atoms with Gasteiger partial charge in [0.2, 0.25) is 0 Å². The number of amides is 1. The van der Waals surface area contributed by atoms with Gasteiger partial charge < -0.3 is 15.9 Å². The molecule has 3 rings (SSSR count). The van der Waals surface area contributed by atoms with Crippen LogP contribution in [0.25, 0.3) is 0 Å². The summed E-state index contributed by atoms with van der Waals surface area (Å²) < 4.78 is 0. The molecule has 130 valence electrons. The Balaban J connectivity index is 1.55. The van der Waals surface area contributed by atoms with Crippen LogP contribution in [0, 0.1) is 5.41 Å². The van der Waals surface area contributed by atoms with Crippen LogP contribution in [0.2, 0.25) is 0 Å². The summed E-state index contributed by atoms with van der Waals surface area (Å²) in [6, 6.07) is 10.5. The Hall–Kier alpha value is -1.88. The lowest BCUT2D eigenvalue weighted by molar-refractivity contribution is -0.116. The van der Waals surface area contributed by atoms with E-state index in [1.165, 1.54) is 5.56 Å². The van der Waals surface area contributed by atoms with Gasteiger partial charge in [0.15, 0.2) is 0 Å². The predicted molar refractivity (Wildman–Crippen MR) is 94.7 cm³/mol. The van der Waals surface area contributed by atoms with E-state index in [4.69, 9.17) is 10.6 Å². The summed E-state index contributed by atoms with van der Waals surface area (Å²) >= 11 is 0. The summed E-state index contributed by atoms with van der Waals surface area (Å²) in [7, 11) is 0. The van der Waals surface area contributed by atoms with Crippen molar-refractivity contribution in [3.05, 3.63) is 35.9 Å². The molecular weight excluding hydrogens is 302 g/mol. The van der Waals surface area contributed by atoms with Crippen molar-refractivity contribution in [2.75, 3.05) is 6.54 Å². The first-order valence-electron chi connectivity index (χ1n) is 8.63. The lowest BCUT2D eigenvalue weighted by Crippen LogP contribution is -2.57. The zero-order valence-electron chi connectivity index (χ0n) is 14.7. The molecule has 0 saturated heterocycles. The van der Waals surface area contributed by atoms with Crippen molar-refractivity contribution < 1.29 is 9.63 Å². The van der Waals surface area contributed by atoms with Gasteiger partial charge in [-0.2, -0.15) is 0 Å².